The van der Waals surface area contributed by atoms with E-state index in [9.17, 15) is 0 Å². The van der Waals surface area contributed by atoms with Gasteiger partial charge >= 0.3 is 0 Å². The summed E-state index contributed by atoms with van der Waals surface area (Å²) in [5, 5.41) is 0. The Bertz CT molecular complexity index is 159. The summed E-state index contributed by atoms with van der Waals surface area (Å²) < 4.78 is 0. The highest BCUT2D eigenvalue weighted by molar-refractivity contribution is 6.77. The molecule has 0 unspecified atom stereocenters. The monoisotopic (exact) mass is 197 g/mol. The second-order valence-electron chi connectivity index (χ2n) is 4.99. The summed E-state index contributed by atoms with van der Waals surface area (Å²) in [6.45, 7) is 11.5. The summed E-state index contributed by atoms with van der Waals surface area (Å²) in [5.74, 6) is 0. The lowest BCUT2D eigenvalue weighted by Gasteiger charge is -2.33. The van der Waals surface area contributed by atoms with Gasteiger partial charge in [0, 0.05) is 0 Å². The fraction of sp³-hybridized carbons (Fsp3) is 0.818. The van der Waals surface area contributed by atoms with Gasteiger partial charge in [-0.25, -0.2) is 0 Å². The molecule has 1 fully saturated rings. The standard InChI is InChI=1S/C11H23NSi/c1-4-10-13(2,3)11-12-8-6-5-7-9-12/h4H,1,5-11H2,2-3H3. The zero-order valence-corrected chi connectivity index (χ0v) is 10.2. The average Bonchev–Trinajstić information content (AvgIpc) is 2.04. The van der Waals surface area contributed by atoms with Crippen molar-refractivity contribution in [1.29, 1.82) is 0 Å². The molecule has 0 saturated carbocycles. The molecule has 0 amide bonds. The van der Waals surface area contributed by atoms with Crippen LogP contribution in [0.25, 0.3) is 0 Å². The summed E-state index contributed by atoms with van der Waals surface area (Å²) in [6.07, 6.45) is 7.76. The molecule has 0 radical (unpaired) electrons. The van der Waals surface area contributed by atoms with Crippen molar-refractivity contribution < 1.29 is 0 Å². The number of likely N-dealkylation sites (tertiary alicyclic amines) is 1. The van der Waals surface area contributed by atoms with E-state index in [-0.39, 0.29) is 0 Å². The van der Waals surface area contributed by atoms with Crippen LogP contribution in [0.2, 0.25) is 19.1 Å². The topological polar surface area (TPSA) is 3.24 Å². The number of hydrogen-bond donors (Lipinski definition) is 0. The highest BCUT2D eigenvalue weighted by Crippen LogP contribution is 2.15. The van der Waals surface area contributed by atoms with E-state index in [0.29, 0.717) is 0 Å². The molecule has 1 nitrogen and oxygen atoms in total. The Balaban J connectivity index is 2.32. The van der Waals surface area contributed by atoms with Crippen molar-refractivity contribution in [2.24, 2.45) is 0 Å². The molecular formula is C11H23NSi. The van der Waals surface area contributed by atoms with Gasteiger partial charge in [0.05, 0.1) is 8.07 Å². The van der Waals surface area contributed by atoms with Gasteiger partial charge in [0.25, 0.3) is 0 Å². The number of hydrogen-bond acceptors (Lipinski definition) is 1. The van der Waals surface area contributed by atoms with Gasteiger partial charge in [-0.2, -0.15) is 0 Å². The molecule has 0 aromatic rings. The van der Waals surface area contributed by atoms with Crippen LogP contribution in [0.3, 0.4) is 0 Å². The maximum absolute atomic E-state index is 3.86. The van der Waals surface area contributed by atoms with Crippen LogP contribution in [0.5, 0.6) is 0 Å². The van der Waals surface area contributed by atoms with Crippen molar-refractivity contribution in [2.75, 3.05) is 19.3 Å². The Morgan fingerprint density at radius 2 is 1.85 bits per heavy atom. The fourth-order valence-corrected chi connectivity index (χ4v) is 4.62. The first kappa shape index (κ1) is 11.0. The molecule has 0 spiro atoms. The van der Waals surface area contributed by atoms with E-state index in [1.807, 2.05) is 0 Å². The third-order valence-corrected chi connectivity index (χ3v) is 5.49. The van der Waals surface area contributed by atoms with Gasteiger partial charge in [-0.05, 0) is 38.1 Å². The van der Waals surface area contributed by atoms with Crippen molar-refractivity contribution in [3.8, 4) is 0 Å². The van der Waals surface area contributed by atoms with E-state index in [2.05, 4.69) is 30.6 Å². The SMILES string of the molecule is C=CC[Si](C)(C)CN1CCCCC1. The lowest BCUT2D eigenvalue weighted by atomic mass is 10.1. The summed E-state index contributed by atoms with van der Waals surface area (Å²) in [7, 11) is -0.983. The Hall–Kier alpha value is -0.0831. The Labute approximate surface area is 83.8 Å². The molecule has 0 N–H and O–H groups in total. The molecule has 1 saturated heterocycles. The maximum atomic E-state index is 3.86. The Morgan fingerprint density at radius 3 is 2.38 bits per heavy atom. The molecule has 1 aliphatic heterocycles. The number of allylic oxidation sites excluding steroid dienone is 1. The molecule has 1 aliphatic rings. The lowest BCUT2D eigenvalue weighted by Crippen LogP contribution is -2.44. The van der Waals surface area contributed by atoms with Crippen LogP contribution in [0.1, 0.15) is 19.3 Å². The third kappa shape index (κ3) is 4.10. The molecular weight excluding hydrogens is 174 g/mol. The fourth-order valence-electron chi connectivity index (χ4n) is 2.18. The van der Waals surface area contributed by atoms with E-state index in [0.717, 1.165) is 0 Å². The first-order chi connectivity index (χ1) is 6.14. The van der Waals surface area contributed by atoms with Gasteiger partial charge in [-0.3, -0.25) is 0 Å². The second kappa shape index (κ2) is 4.96. The van der Waals surface area contributed by atoms with Crippen molar-refractivity contribution in [3.63, 3.8) is 0 Å². The highest BCUT2D eigenvalue weighted by atomic mass is 28.3. The van der Waals surface area contributed by atoms with Crippen molar-refractivity contribution >= 4 is 8.07 Å². The molecule has 0 bridgehead atoms. The maximum Gasteiger partial charge on any atom is 0.0666 e. The minimum Gasteiger partial charge on any atom is -0.306 e. The molecule has 76 valence electrons. The average molecular weight is 197 g/mol. The van der Waals surface area contributed by atoms with Gasteiger partial charge in [0.2, 0.25) is 0 Å². The predicted octanol–water partition coefficient (Wildman–Crippen LogP) is 2.91. The minimum atomic E-state index is -0.983. The van der Waals surface area contributed by atoms with Gasteiger partial charge < -0.3 is 4.90 Å². The second-order valence-corrected chi connectivity index (χ2v) is 10.0. The number of rotatable bonds is 4. The zero-order valence-electron chi connectivity index (χ0n) is 9.18. The Kier molecular flexibility index (Phi) is 4.20. The molecule has 1 heterocycles. The van der Waals surface area contributed by atoms with Crippen molar-refractivity contribution in [2.45, 2.75) is 38.4 Å². The van der Waals surface area contributed by atoms with E-state index in [4.69, 9.17) is 0 Å². The zero-order chi connectivity index (χ0) is 9.73. The molecule has 2 heteroatoms. The highest BCUT2D eigenvalue weighted by Gasteiger charge is 2.23. The molecule has 13 heavy (non-hydrogen) atoms. The number of piperidine rings is 1. The normalized spacial score (nSPS) is 20.2. The van der Waals surface area contributed by atoms with Gasteiger partial charge in [0.1, 0.15) is 0 Å². The minimum absolute atomic E-state index is 0.983. The van der Waals surface area contributed by atoms with E-state index in [1.165, 1.54) is 44.6 Å². The molecule has 0 atom stereocenters. The summed E-state index contributed by atoms with van der Waals surface area (Å²) >= 11 is 0. The van der Waals surface area contributed by atoms with Crippen LogP contribution < -0.4 is 0 Å². The van der Waals surface area contributed by atoms with Crippen LogP contribution in [-0.4, -0.2) is 32.2 Å². The van der Waals surface area contributed by atoms with E-state index in [1.54, 1.807) is 0 Å². The Morgan fingerprint density at radius 1 is 1.23 bits per heavy atom. The summed E-state index contributed by atoms with van der Waals surface area (Å²) in [4.78, 5) is 2.67. The van der Waals surface area contributed by atoms with Crippen LogP contribution in [0.4, 0.5) is 0 Å². The first-order valence-electron chi connectivity index (χ1n) is 5.47. The molecule has 0 aliphatic carbocycles. The molecule has 1 rings (SSSR count). The summed E-state index contributed by atoms with van der Waals surface area (Å²) in [5.41, 5.74) is 0. The van der Waals surface area contributed by atoms with Crippen LogP contribution >= 0.6 is 0 Å². The van der Waals surface area contributed by atoms with E-state index >= 15 is 0 Å². The van der Waals surface area contributed by atoms with Gasteiger partial charge in [0.15, 0.2) is 0 Å². The quantitative estimate of drug-likeness (QED) is 0.495. The van der Waals surface area contributed by atoms with Crippen molar-refractivity contribution in [1.82, 2.24) is 4.90 Å². The van der Waals surface area contributed by atoms with Crippen molar-refractivity contribution in [3.05, 3.63) is 12.7 Å². The lowest BCUT2D eigenvalue weighted by molar-refractivity contribution is 0.259. The molecule has 0 aromatic heterocycles. The van der Waals surface area contributed by atoms with E-state index < -0.39 is 8.07 Å². The van der Waals surface area contributed by atoms with Gasteiger partial charge in [-0.1, -0.05) is 25.6 Å². The largest absolute Gasteiger partial charge is 0.306 e. The number of nitrogens with zero attached hydrogens (tertiary/aromatic N) is 1. The third-order valence-electron chi connectivity index (χ3n) is 2.80. The smallest absolute Gasteiger partial charge is 0.0666 e. The predicted molar refractivity (Wildman–Crippen MR) is 62.8 cm³/mol. The first-order valence-corrected chi connectivity index (χ1v) is 8.89. The van der Waals surface area contributed by atoms with Crippen LogP contribution in [0, 0.1) is 0 Å². The molecule has 0 aromatic carbocycles. The van der Waals surface area contributed by atoms with Crippen LogP contribution in [-0.2, 0) is 0 Å². The van der Waals surface area contributed by atoms with Gasteiger partial charge in [-0.15, -0.1) is 6.58 Å². The summed E-state index contributed by atoms with van der Waals surface area (Å²) in [6, 6.07) is 1.27. The van der Waals surface area contributed by atoms with Crippen LogP contribution in [0.15, 0.2) is 12.7 Å².